The summed E-state index contributed by atoms with van der Waals surface area (Å²) < 4.78 is 34.3. The molecule has 2 atom stereocenters. The van der Waals surface area contributed by atoms with E-state index in [4.69, 9.17) is 18.5 Å². The second kappa shape index (κ2) is 65.3. The second-order valence-corrected chi connectivity index (χ2v) is 25.2. The standard InChI is InChI=1S/C76H128NO8P/c1-6-8-10-12-14-16-18-20-22-24-26-28-30-32-34-36-37-38-39-41-43-45-47-49-51-53-55-57-59-61-63-65-67-69-76(79)85-74(73-84-86(80,81)83-71-70-77(3,4)5)72-82-75(78)68-66-64-62-60-58-56-54-52-50-48-46-44-42-40-35-33-31-29-27-25-23-21-19-17-15-13-11-9-7-2/h8-11,14-17,20-23,26-29,32-35,37-38,41,43,74H,6-7,12-13,18-19,24-25,30-31,36,39-40,42,44-73H2,1-5H3/b10-8-,11-9-,16-14-,17-15-,22-20-,23-21-,28-26-,29-27-,34-32-,35-33-,38-37-,43-41-. The molecular formula is C76H128NO8P. The van der Waals surface area contributed by atoms with Gasteiger partial charge in [0.1, 0.15) is 19.8 Å². The van der Waals surface area contributed by atoms with Gasteiger partial charge in [0.05, 0.1) is 27.7 Å². The zero-order chi connectivity index (χ0) is 62.6. The molecule has 0 aromatic carbocycles. The summed E-state index contributed by atoms with van der Waals surface area (Å²) in [6.07, 6.45) is 96.3. The van der Waals surface area contributed by atoms with Crippen molar-refractivity contribution in [1.82, 2.24) is 0 Å². The lowest BCUT2D eigenvalue weighted by molar-refractivity contribution is -0.870. The minimum atomic E-state index is -4.65. The minimum Gasteiger partial charge on any atom is -0.756 e. The maximum atomic E-state index is 12.9. The fraction of sp³-hybridized carbons (Fsp3) is 0.658. The van der Waals surface area contributed by atoms with E-state index >= 15 is 0 Å². The van der Waals surface area contributed by atoms with Crippen LogP contribution in [-0.2, 0) is 32.7 Å². The fourth-order valence-corrected chi connectivity index (χ4v) is 9.86. The molecule has 490 valence electrons. The zero-order valence-electron chi connectivity index (χ0n) is 55.7. The van der Waals surface area contributed by atoms with Crippen molar-refractivity contribution in [2.75, 3.05) is 47.5 Å². The zero-order valence-corrected chi connectivity index (χ0v) is 56.6. The molecule has 86 heavy (non-hydrogen) atoms. The van der Waals surface area contributed by atoms with Crippen LogP contribution in [0.2, 0.25) is 0 Å². The van der Waals surface area contributed by atoms with Crippen molar-refractivity contribution in [3.05, 3.63) is 146 Å². The summed E-state index contributed by atoms with van der Waals surface area (Å²) in [4.78, 5) is 38.1. The van der Waals surface area contributed by atoms with E-state index < -0.39 is 26.5 Å². The van der Waals surface area contributed by atoms with E-state index in [1.165, 1.54) is 116 Å². The first kappa shape index (κ1) is 81.9. The Morgan fingerprint density at radius 2 is 0.628 bits per heavy atom. The largest absolute Gasteiger partial charge is 0.756 e. The molecule has 0 aliphatic rings. The molecule has 0 aliphatic carbocycles. The number of quaternary nitrogens is 1. The van der Waals surface area contributed by atoms with Crippen molar-refractivity contribution < 1.29 is 42.1 Å². The first-order valence-corrected chi connectivity index (χ1v) is 36.0. The average molecular weight is 1210 g/mol. The molecule has 0 saturated carbocycles. The number of likely N-dealkylation sites (N-methyl/N-ethyl adjacent to an activating group) is 1. The van der Waals surface area contributed by atoms with Crippen LogP contribution in [0.15, 0.2) is 146 Å². The monoisotopic (exact) mass is 1210 g/mol. The Morgan fingerprint density at radius 3 is 0.930 bits per heavy atom. The third kappa shape index (κ3) is 69.0. The highest BCUT2D eigenvalue weighted by Gasteiger charge is 2.22. The van der Waals surface area contributed by atoms with Crippen LogP contribution in [0.3, 0.4) is 0 Å². The van der Waals surface area contributed by atoms with Crippen LogP contribution in [-0.4, -0.2) is 70.0 Å². The topological polar surface area (TPSA) is 111 Å². The number of hydrogen-bond acceptors (Lipinski definition) is 8. The molecule has 0 radical (unpaired) electrons. The van der Waals surface area contributed by atoms with Crippen molar-refractivity contribution in [2.24, 2.45) is 0 Å². The number of allylic oxidation sites excluding steroid dienone is 24. The molecule has 0 heterocycles. The number of phosphoric ester groups is 1. The summed E-state index contributed by atoms with van der Waals surface area (Å²) in [7, 11) is 1.15. The molecule has 0 bridgehead atoms. The van der Waals surface area contributed by atoms with Gasteiger partial charge in [-0.25, -0.2) is 0 Å². The Kier molecular flexibility index (Phi) is 62.2. The maximum Gasteiger partial charge on any atom is 0.306 e. The summed E-state index contributed by atoms with van der Waals surface area (Å²) in [6, 6.07) is 0. The SMILES string of the molecule is CC/C=C\C/C=C\C/C=C\C/C=C\C/C=C\C/C=C\C/C=C\CCCCCCCCCCCCCC(=O)OC(COC(=O)CCCCCCCCCCCCCCC/C=C\C/C=C\C/C=C\C/C=C\C/C=C\CC)COP(=O)([O-])OCC[N+](C)(C)C. The fourth-order valence-electron chi connectivity index (χ4n) is 9.14. The number of unbranched alkanes of at least 4 members (excludes halogenated alkanes) is 24. The van der Waals surface area contributed by atoms with E-state index in [1.54, 1.807) is 0 Å². The maximum absolute atomic E-state index is 12.9. The molecule has 0 aliphatic heterocycles. The molecule has 0 fully saturated rings. The summed E-state index contributed by atoms with van der Waals surface area (Å²) in [6.45, 7) is 4.01. The number of carbonyl (C=O) groups excluding carboxylic acids is 2. The van der Waals surface area contributed by atoms with Gasteiger partial charge in [0, 0.05) is 12.8 Å². The molecule has 0 N–H and O–H groups in total. The van der Waals surface area contributed by atoms with Crippen LogP contribution in [0, 0.1) is 0 Å². The van der Waals surface area contributed by atoms with Crippen molar-refractivity contribution in [3.8, 4) is 0 Å². The molecular weight excluding hydrogens is 1090 g/mol. The highest BCUT2D eigenvalue weighted by atomic mass is 31.2. The van der Waals surface area contributed by atoms with E-state index in [1.807, 2.05) is 21.1 Å². The second-order valence-electron chi connectivity index (χ2n) is 23.8. The smallest absolute Gasteiger partial charge is 0.306 e. The molecule has 0 saturated heterocycles. The number of carbonyl (C=O) groups is 2. The molecule has 0 amide bonds. The first-order chi connectivity index (χ1) is 42.0. The predicted octanol–water partition coefficient (Wildman–Crippen LogP) is 22.0. The summed E-state index contributed by atoms with van der Waals surface area (Å²) in [5, 5.41) is 0. The van der Waals surface area contributed by atoms with Gasteiger partial charge in [0.2, 0.25) is 0 Å². The highest BCUT2D eigenvalue weighted by molar-refractivity contribution is 7.45. The molecule has 2 unspecified atom stereocenters. The van der Waals surface area contributed by atoms with Crippen LogP contribution in [0.5, 0.6) is 0 Å². The van der Waals surface area contributed by atoms with Gasteiger partial charge in [-0.2, -0.15) is 0 Å². The molecule has 9 nitrogen and oxygen atoms in total. The Morgan fingerprint density at radius 1 is 0.360 bits per heavy atom. The van der Waals surface area contributed by atoms with Gasteiger partial charge in [-0.15, -0.1) is 0 Å². The molecule has 0 aromatic heterocycles. The predicted molar refractivity (Wildman–Crippen MR) is 369 cm³/mol. The molecule has 10 heteroatoms. The quantitative estimate of drug-likeness (QED) is 0.0195. The number of phosphoric acid groups is 1. The van der Waals surface area contributed by atoms with Crippen molar-refractivity contribution in [3.63, 3.8) is 0 Å². The molecule has 0 spiro atoms. The lowest BCUT2D eigenvalue weighted by Crippen LogP contribution is -2.37. The average Bonchev–Trinajstić information content (AvgIpc) is 3.70. The van der Waals surface area contributed by atoms with Crippen molar-refractivity contribution in [1.29, 1.82) is 0 Å². The van der Waals surface area contributed by atoms with Crippen LogP contribution in [0.4, 0.5) is 0 Å². The number of nitrogens with zero attached hydrogens (tertiary/aromatic N) is 1. The third-order valence-electron chi connectivity index (χ3n) is 14.4. The van der Waals surface area contributed by atoms with E-state index in [2.05, 4.69) is 160 Å². The number of hydrogen-bond donors (Lipinski definition) is 0. The third-order valence-corrected chi connectivity index (χ3v) is 15.3. The van der Waals surface area contributed by atoms with Crippen LogP contribution in [0.1, 0.15) is 271 Å². The van der Waals surface area contributed by atoms with Gasteiger partial charge in [-0.1, -0.05) is 288 Å². The lowest BCUT2D eigenvalue weighted by Gasteiger charge is -2.28. The highest BCUT2D eigenvalue weighted by Crippen LogP contribution is 2.38. The van der Waals surface area contributed by atoms with E-state index in [-0.39, 0.29) is 32.0 Å². The van der Waals surface area contributed by atoms with Gasteiger partial charge in [0.25, 0.3) is 7.82 Å². The van der Waals surface area contributed by atoms with Gasteiger partial charge in [-0.3, -0.25) is 14.2 Å². The van der Waals surface area contributed by atoms with Crippen molar-refractivity contribution in [2.45, 2.75) is 277 Å². The molecule has 0 aromatic rings. The van der Waals surface area contributed by atoms with Crippen molar-refractivity contribution >= 4 is 19.8 Å². The Labute approximate surface area is 529 Å². The van der Waals surface area contributed by atoms with Crippen LogP contribution in [0.25, 0.3) is 0 Å². The number of rotatable bonds is 62. The summed E-state index contributed by atoms with van der Waals surface area (Å²) in [5.74, 6) is -0.841. The Hall–Kier alpha value is -4.11. The van der Waals surface area contributed by atoms with E-state index in [9.17, 15) is 19.0 Å². The van der Waals surface area contributed by atoms with Crippen LogP contribution >= 0.6 is 7.82 Å². The van der Waals surface area contributed by atoms with Gasteiger partial charge < -0.3 is 27.9 Å². The molecule has 0 rings (SSSR count). The Bertz CT molecular complexity index is 1960. The lowest BCUT2D eigenvalue weighted by atomic mass is 10.0. The van der Waals surface area contributed by atoms with Crippen LogP contribution < -0.4 is 4.89 Å². The summed E-state index contributed by atoms with van der Waals surface area (Å²) in [5.41, 5.74) is 0. The minimum absolute atomic E-state index is 0.0379. The Balaban J connectivity index is 4.11. The number of ether oxygens (including phenoxy) is 2. The van der Waals surface area contributed by atoms with Gasteiger partial charge >= 0.3 is 11.9 Å². The van der Waals surface area contributed by atoms with E-state index in [0.717, 1.165) is 122 Å². The van der Waals surface area contributed by atoms with E-state index in [0.29, 0.717) is 17.4 Å². The number of esters is 2. The normalized spacial score (nSPS) is 14.1. The van der Waals surface area contributed by atoms with Gasteiger partial charge in [-0.05, 0) is 116 Å². The summed E-state index contributed by atoms with van der Waals surface area (Å²) >= 11 is 0. The van der Waals surface area contributed by atoms with Gasteiger partial charge in [0.15, 0.2) is 6.10 Å². The first-order valence-electron chi connectivity index (χ1n) is 34.5.